The van der Waals surface area contributed by atoms with Crippen molar-refractivity contribution < 1.29 is 8.42 Å². The highest BCUT2D eigenvalue weighted by molar-refractivity contribution is 7.89. The van der Waals surface area contributed by atoms with E-state index in [4.69, 9.17) is 5.14 Å². The van der Waals surface area contributed by atoms with Gasteiger partial charge in [-0.1, -0.05) is 36.4 Å². The number of benzene rings is 3. The molecule has 0 aliphatic rings. The lowest BCUT2D eigenvalue weighted by atomic mass is 9.99. The first kappa shape index (κ1) is 20.7. The van der Waals surface area contributed by atoms with E-state index in [2.05, 4.69) is 30.7 Å². The minimum Gasteiger partial charge on any atom is -0.338 e. The van der Waals surface area contributed by atoms with Gasteiger partial charge in [0.25, 0.3) is 0 Å². The molecule has 0 aliphatic carbocycles. The van der Waals surface area contributed by atoms with Crippen molar-refractivity contribution in [2.24, 2.45) is 5.14 Å². The first-order chi connectivity index (χ1) is 15.9. The molecule has 4 N–H and O–H groups in total. The molecule has 164 valence electrons. The fraction of sp³-hybridized carbons (Fsp3) is 0.0435. The van der Waals surface area contributed by atoms with Gasteiger partial charge in [-0.05, 0) is 42.8 Å². The standard InChI is InChI=1S/C23H19N7O2S/c1-14-6-7-15(12-20(14)22-25-13-26-29-22)21-18-4-2-3-5-19(18)23(30-28-21)27-16-8-10-17(11-9-16)33(24,31)32/h2-13H,1H3,(H,27,30)(H2,24,31,32)(H,25,26,29). The highest BCUT2D eigenvalue weighted by Gasteiger charge is 2.14. The Labute approximate surface area is 189 Å². The van der Waals surface area contributed by atoms with E-state index in [0.29, 0.717) is 17.3 Å². The van der Waals surface area contributed by atoms with Gasteiger partial charge >= 0.3 is 0 Å². The molecule has 0 unspecified atom stereocenters. The van der Waals surface area contributed by atoms with Gasteiger partial charge in [0.15, 0.2) is 11.6 Å². The molecule has 0 fully saturated rings. The maximum Gasteiger partial charge on any atom is 0.238 e. The zero-order valence-corrected chi connectivity index (χ0v) is 18.3. The summed E-state index contributed by atoms with van der Waals surface area (Å²) in [4.78, 5) is 4.31. The summed E-state index contributed by atoms with van der Waals surface area (Å²) in [6.45, 7) is 2.01. The van der Waals surface area contributed by atoms with Crippen LogP contribution in [0.5, 0.6) is 0 Å². The third-order valence-electron chi connectivity index (χ3n) is 5.31. The van der Waals surface area contributed by atoms with E-state index in [9.17, 15) is 8.42 Å². The lowest BCUT2D eigenvalue weighted by Gasteiger charge is -2.12. The molecule has 5 rings (SSSR count). The van der Waals surface area contributed by atoms with E-state index >= 15 is 0 Å². The Kier molecular flexibility index (Phi) is 5.08. The monoisotopic (exact) mass is 457 g/mol. The maximum atomic E-state index is 11.5. The fourth-order valence-electron chi connectivity index (χ4n) is 3.63. The molecule has 2 aromatic heterocycles. The molecule has 0 bridgehead atoms. The number of nitrogens with two attached hydrogens (primary N) is 1. The SMILES string of the molecule is Cc1ccc(-c2nnc(Nc3ccc(S(N)(=O)=O)cc3)c3ccccc23)cc1-c1ncn[nH]1. The summed E-state index contributed by atoms with van der Waals surface area (Å²) in [5.41, 5.74) is 4.31. The van der Waals surface area contributed by atoms with Crippen molar-refractivity contribution in [3.63, 3.8) is 0 Å². The molecule has 0 aliphatic heterocycles. The largest absolute Gasteiger partial charge is 0.338 e. The summed E-state index contributed by atoms with van der Waals surface area (Å²) in [5, 5.41) is 26.0. The van der Waals surface area contributed by atoms with Crippen molar-refractivity contribution in [3.8, 4) is 22.6 Å². The van der Waals surface area contributed by atoms with E-state index in [1.165, 1.54) is 18.5 Å². The van der Waals surface area contributed by atoms with Crippen molar-refractivity contribution in [1.29, 1.82) is 0 Å². The lowest BCUT2D eigenvalue weighted by molar-refractivity contribution is 0.598. The molecule has 9 nitrogen and oxygen atoms in total. The molecule has 2 heterocycles. The van der Waals surface area contributed by atoms with Crippen LogP contribution >= 0.6 is 0 Å². The summed E-state index contributed by atoms with van der Waals surface area (Å²) >= 11 is 0. The van der Waals surface area contributed by atoms with Crippen LogP contribution < -0.4 is 10.5 Å². The van der Waals surface area contributed by atoms with Gasteiger partial charge in [-0.3, -0.25) is 5.10 Å². The number of anilines is 2. The Morgan fingerprint density at radius 2 is 1.70 bits per heavy atom. The van der Waals surface area contributed by atoms with Crippen LogP contribution in [0.3, 0.4) is 0 Å². The molecule has 0 saturated heterocycles. The number of nitrogens with one attached hydrogen (secondary N) is 2. The van der Waals surface area contributed by atoms with Crippen molar-refractivity contribution >= 4 is 32.3 Å². The van der Waals surface area contributed by atoms with Gasteiger partial charge in [-0.15, -0.1) is 10.2 Å². The van der Waals surface area contributed by atoms with Crippen molar-refractivity contribution in [2.75, 3.05) is 5.32 Å². The molecule has 0 radical (unpaired) electrons. The smallest absolute Gasteiger partial charge is 0.238 e. The number of aryl methyl sites for hydroxylation is 1. The second-order valence-electron chi connectivity index (χ2n) is 7.50. The predicted octanol–water partition coefficient (Wildman–Crippen LogP) is 3.78. The zero-order chi connectivity index (χ0) is 23.0. The summed E-state index contributed by atoms with van der Waals surface area (Å²) in [6, 6.07) is 20.0. The normalized spacial score (nSPS) is 11.6. The number of sulfonamides is 1. The average molecular weight is 458 g/mol. The Morgan fingerprint density at radius 1 is 0.939 bits per heavy atom. The summed E-state index contributed by atoms with van der Waals surface area (Å²) < 4.78 is 23.0. The molecular weight excluding hydrogens is 438 g/mol. The topological polar surface area (TPSA) is 140 Å². The van der Waals surface area contributed by atoms with Crippen molar-refractivity contribution in [3.05, 3.63) is 78.6 Å². The highest BCUT2D eigenvalue weighted by Crippen LogP contribution is 2.33. The van der Waals surface area contributed by atoms with Crippen molar-refractivity contribution in [2.45, 2.75) is 11.8 Å². The van der Waals surface area contributed by atoms with Crippen LogP contribution in [0.4, 0.5) is 11.5 Å². The summed E-state index contributed by atoms with van der Waals surface area (Å²) in [5.74, 6) is 1.24. The van der Waals surface area contributed by atoms with E-state index in [1.54, 1.807) is 12.1 Å². The Bertz CT molecular complexity index is 1570. The number of hydrogen-bond donors (Lipinski definition) is 3. The number of fused-ring (bicyclic) bond motifs is 1. The van der Waals surface area contributed by atoms with Gasteiger partial charge in [0, 0.05) is 27.6 Å². The molecule has 0 atom stereocenters. The number of aromatic amines is 1. The quantitative estimate of drug-likeness (QED) is 0.365. The molecular formula is C23H19N7O2S. The number of rotatable bonds is 5. The van der Waals surface area contributed by atoms with Crippen LogP contribution in [0.2, 0.25) is 0 Å². The van der Waals surface area contributed by atoms with Gasteiger partial charge in [0.05, 0.1) is 4.90 Å². The summed E-state index contributed by atoms with van der Waals surface area (Å²) in [6.07, 6.45) is 1.48. The van der Waals surface area contributed by atoms with Crippen molar-refractivity contribution in [1.82, 2.24) is 25.4 Å². The minimum atomic E-state index is -3.75. The number of hydrogen-bond acceptors (Lipinski definition) is 7. The Morgan fingerprint density at radius 3 is 2.39 bits per heavy atom. The Hall–Kier alpha value is -4.15. The van der Waals surface area contributed by atoms with E-state index in [-0.39, 0.29) is 4.90 Å². The third kappa shape index (κ3) is 4.04. The maximum absolute atomic E-state index is 11.5. The van der Waals surface area contributed by atoms with E-state index in [1.807, 2.05) is 49.4 Å². The van der Waals surface area contributed by atoms with E-state index in [0.717, 1.165) is 33.2 Å². The number of H-pyrrole nitrogens is 1. The second-order valence-corrected chi connectivity index (χ2v) is 9.06. The minimum absolute atomic E-state index is 0.0428. The number of aromatic nitrogens is 5. The van der Waals surface area contributed by atoms with Crippen LogP contribution in [-0.2, 0) is 10.0 Å². The fourth-order valence-corrected chi connectivity index (χ4v) is 4.15. The first-order valence-electron chi connectivity index (χ1n) is 10.0. The van der Waals surface area contributed by atoms with Gasteiger partial charge in [-0.25, -0.2) is 18.5 Å². The molecule has 5 aromatic rings. The molecule has 0 spiro atoms. The van der Waals surface area contributed by atoms with Crippen LogP contribution in [0, 0.1) is 6.92 Å². The van der Waals surface area contributed by atoms with Gasteiger partial charge in [0.1, 0.15) is 12.0 Å². The van der Waals surface area contributed by atoms with Gasteiger partial charge in [0.2, 0.25) is 10.0 Å². The van der Waals surface area contributed by atoms with Crippen LogP contribution in [0.25, 0.3) is 33.4 Å². The van der Waals surface area contributed by atoms with Crippen LogP contribution in [0.1, 0.15) is 5.56 Å². The zero-order valence-electron chi connectivity index (χ0n) is 17.5. The molecule has 33 heavy (non-hydrogen) atoms. The molecule has 0 saturated carbocycles. The Balaban J connectivity index is 1.56. The predicted molar refractivity (Wildman–Crippen MR) is 126 cm³/mol. The van der Waals surface area contributed by atoms with E-state index < -0.39 is 10.0 Å². The van der Waals surface area contributed by atoms with Crippen LogP contribution in [-0.4, -0.2) is 33.8 Å². The van der Waals surface area contributed by atoms with Gasteiger partial charge in [-0.2, -0.15) is 5.10 Å². The third-order valence-corrected chi connectivity index (χ3v) is 6.24. The highest BCUT2D eigenvalue weighted by atomic mass is 32.2. The first-order valence-corrected chi connectivity index (χ1v) is 11.6. The van der Waals surface area contributed by atoms with Crippen LogP contribution in [0.15, 0.2) is 78.0 Å². The molecule has 10 heteroatoms. The number of primary sulfonamides is 1. The molecule has 0 amide bonds. The van der Waals surface area contributed by atoms with Gasteiger partial charge < -0.3 is 5.32 Å². The molecule has 3 aromatic carbocycles. The summed E-state index contributed by atoms with van der Waals surface area (Å²) in [7, 11) is -3.75. The lowest BCUT2D eigenvalue weighted by Crippen LogP contribution is -2.11. The second kappa shape index (κ2) is 8.08. The average Bonchev–Trinajstić information content (AvgIpc) is 3.34. The number of nitrogens with zero attached hydrogens (tertiary/aromatic N) is 4.